The minimum absolute atomic E-state index is 0.0643. The molecule has 1 heterocycles. The van der Waals surface area contributed by atoms with E-state index in [0.717, 1.165) is 6.42 Å². The molecule has 0 N–H and O–H groups in total. The number of rotatable bonds is 4. The van der Waals surface area contributed by atoms with E-state index >= 15 is 0 Å². The van der Waals surface area contributed by atoms with Crippen LogP contribution in [0.4, 0.5) is 0 Å². The van der Waals surface area contributed by atoms with Gasteiger partial charge in [-0.3, -0.25) is 4.79 Å². The van der Waals surface area contributed by atoms with Crippen LogP contribution in [0.25, 0.3) is 0 Å². The Morgan fingerprint density at radius 1 is 1.64 bits per heavy atom. The van der Waals surface area contributed by atoms with E-state index in [1.165, 1.54) is 11.0 Å². The summed E-state index contributed by atoms with van der Waals surface area (Å²) in [6.07, 6.45) is 2.72. The number of nitrogens with zero attached hydrogens (tertiary/aromatic N) is 1. The van der Waals surface area contributed by atoms with E-state index in [1.54, 1.807) is 0 Å². The van der Waals surface area contributed by atoms with Gasteiger partial charge in [0.25, 0.3) is 0 Å². The van der Waals surface area contributed by atoms with Gasteiger partial charge >= 0.3 is 5.97 Å². The molecule has 0 bridgehead atoms. The molecule has 1 aliphatic rings. The molecule has 1 amide bonds. The van der Waals surface area contributed by atoms with Gasteiger partial charge in [0.05, 0.1) is 0 Å². The highest BCUT2D eigenvalue weighted by Crippen LogP contribution is 2.15. The SMILES string of the molecule is C=CCOC(=O)C(=C)N1CCCC1=O. The van der Waals surface area contributed by atoms with E-state index in [-0.39, 0.29) is 18.2 Å². The quantitative estimate of drug-likeness (QED) is 0.379. The Bertz CT molecular complexity index is 283. The van der Waals surface area contributed by atoms with Gasteiger partial charge in [0, 0.05) is 13.0 Å². The first kappa shape index (κ1) is 10.5. The smallest absolute Gasteiger partial charge is 0.354 e. The number of hydrogen-bond donors (Lipinski definition) is 0. The maximum absolute atomic E-state index is 11.3. The van der Waals surface area contributed by atoms with E-state index in [4.69, 9.17) is 4.74 Å². The first-order valence-electron chi connectivity index (χ1n) is 4.44. The largest absolute Gasteiger partial charge is 0.457 e. The third-order valence-corrected chi connectivity index (χ3v) is 1.97. The Kier molecular flexibility index (Phi) is 3.45. The molecule has 0 radical (unpaired) electrons. The van der Waals surface area contributed by atoms with Gasteiger partial charge in [-0.1, -0.05) is 19.2 Å². The molecular formula is C10H13NO3. The fourth-order valence-corrected chi connectivity index (χ4v) is 1.26. The standard InChI is InChI=1S/C10H13NO3/c1-3-7-14-10(13)8(2)11-6-4-5-9(11)12/h3H,1-2,4-7H2. The molecule has 0 aromatic carbocycles. The number of ether oxygens (including phenoxy) is 1. The zero-order chi connectivity index (χ0) is 10.6. The lowest BCUT2D eigenvalue weighted by Crippen LogP contribution is -2.29. The number of carbonyl (C=O) groups excluding carboxylic acids is 2. The molecule has 4 heteroatoms. The van der Waals surface area contributed by atoms with Crippen molar-refractivity contribution in [3.63, 3.8) is 0 Å². The predicted molar refractivity (Wildman–Crippen MR) is 51.2 cm³/mol. The van der Waals surface area contributed by atoms with Crippen molar-refractivity contribution in [2.45, 2.75) is 12.8 Å². The van der Waals surface area contributed by atoms with Crippen LogP contribution in [-0.2, 0) is 14.3 Å². The van der Waals surface area contributed by atoms with E-state index in [9.17, 15) is 9.59 Å². The van der Waals surface area contributed by atoms with Gasteiger partial charge in [-0.15, -0.1) is 0 Å². The van der Waals surface area contributed by atoms with Crippen LogP contribution in [0.3, 0.4) is 0 Å². The molecule has 1 saturated heterocycles. The lowest BCUT2D eigenvalue weighted by molar-refractivity contribution is -0.142. The van der Waals surface area contributed by atoms with Crippen molar-refractivity contribution in [3.8, 4) is 0 Å². The summed E-state index contributed by atoms with van der Waals surface area (Å²) >= 11 is 0. The summed E-state index contributed by atoms with van der Waals surface area (Å²) in [6, 6.07) is 0. The van der Waals surface area contributed by atoms with E-state index in [2.05, 4.69) is 13.2 Å². The van der Waals surface area contributed by atoms with Gasteiger partial charge < -0.3 is 9.64 Å². The first-order valence-corrected chi connectivity index (χ1v) is 4.44. The highest BCUT2D eigenvalue weighted by Gasteiger charge is 2.26. The van der Waals surface area contributed by atoms with Crippen molar-refractivity contribution in [3.05, 3.63) is 24.9 Å². The highest BCUT2D eigenvalue weighted by molar-refractivity contribution is 5.94. The van der Waals surface area contributed by atoms with E-state index in [1.807, 2.05) is 0 Å². The highest BCUT2D eigenvalue weighted by atomic mass is 16.5. The average Bonchev–Trinajstić information content (AvgIpc) is 2.59. The summed E-state index contributed by atoms with van der Waals surface area (Å²) in [5.41, 5.74) is 0.120. The van der Waals surface area contributed by atoms with Gasteiger partial charge in [-0.25, -0.2) is 4.79 Å². The summed E-state index contributed by atoms with van der Waals surface area (Å²) in [5, 5.41) is 0. The molecule has 0 unspecified atom stereocenters. The van der Waals surface area contributed by atoms with Gasteiger partial charge in [0.1, 0.15) is 12.3 Å². The molecule has 14 heavy (non-hydrogen) atoms. The number of carbonyl (C=O) groups is 2. The lowest BCUT2D eigenvalue weighted by Gasteiger charge is -2.16. The second-order valence-electron chi connectivity index (χ2n) is 2.98. The Morgan fingerprint density at radius 2 is 2.36 bits per heavy atom. The van der Waals surface area contributed by atoms with Gasteiger partial charge in [-0.2, -0.15) is 0 Å². The van der Waals surface area contributed by atoms with Gasteiger partial charge in [0.15, 0.2) is 0 Å². The molecule has 1 rings (SSSR count). The van der Waals surface area contributed by atoms with Crippen LogP contribution in [0.1, 0.15) is 12.8 Å². The predicted octanol–water partition coefficient (Wildman–Crippen LogP) is 0.852. The molecule has 4 nitrogen and oxygen atoms in total. The van der Waals surface area contributed by atoms with E-state index in [0.29, 0.717) is 13.0 Å². The number of esters is 1. The molecule has 0 spiro atoms. The lowest BCUT2D eigenvalue weighted by atomic mass is 10.4. The summed E-state index contributed by atoms with van der Waals surface area (Å²) in [4.78, 5) is 23.9. The van der Waals surface area contributed by atoms with Crippen LogP contribution in [-0.4, -0.2) is 29.9 Å². The number of hydrogen-bond acceptors (Lipinski definition) is 3. The Morgan fingerprint density at radius 3 is 2.86 bits per heavy atom. The molecule has 1 fully saturated rings. The molecule has 1 aliphatic heterocycles. The van der Waals surface area contributed by atoms with Crippen molar-refractivity contribution in [1.82, 2.24) is 4.90 Å². The van der Waals surface area contributed by atoms with E-state index < -0.39 is 5.97 Å². The molecule has 76 valence electrons. The van der Waals surface area contributed by atoms with Crippen LogP contribution in [0.2, 0.25) is 0 Å². The number of amides is 1. The zero-order valence-electron chi connectivity index (χ0n) is 7.99. The van der Waals surface area contributed by atoms with Crippen LogP contribution in [0, 0.1) is 0 Å². The zero-order valence-corrected chi connectivity index (χ0v) is 7.99. The Balaban J connectivity index is 2.51. The maximum Gasteiger partial charge on any atom is 0.354 e. The van der Waals surface area contributed by atoms with Crippen LogP contribution >= 0.6 is 0 Å². The summed E-state index contributed by atoms with van der Waals surface area (Å²) in [7, 11) is 0. The third kappa shape index (κ3) is 2.22. The second-order valence-corrected chi connectivity index (χ2v) is 2.98. The van der Waals surface area contributed by atoms with Crippen LogP contribution in [0.5, 0.6) is 0 Å². The minimum atomic E-state index is -0.555. The molecule has 0 saturated carbocycles. The second kappa shape index (κ2) is 4.60. The fourth-order valence-electron chi connectivity index (χ4n) is 1.26. The van der Waals surface area contributed by atoms with Crippen molar-refractivity contribution in [2.75, 3.05) is 13.2 Å². The summed E-state index contributed by atoms with van der Waals surface area (Å²) < 4.78 is 4.76. The fraction of sp³-hybridized carbons (Fsp3) is 0.400. The molecule has 0 aromatic rings. The van der Waals surface area contributed by atoms with Crippen molar-refractivity contribution in [1.29, 1.82) is 0 Å². The van der Waals surface area contributed by atoms with Crippen molar-refractivity contribution >= 4 is 11.9 Å². The van der Waals surface area contributed by atoms with Crippen LogP contribution in [0.15, 0.2) is 24.9 Å². The van der Waals surface area contributed by atoms with Gasteiger partial charge in [-0.05, 0) is 6.42 Å². The monoisotopic (exact) mass is 195 g/mol. The normalized spacial score (nSPS) is 15.4. The molecule has 0 atom stereocenters. The Labute approximate surface area is 82.8 Å². The Hall–Kier alpha value is -1.58. The number of likely N-dealkylation sites (tertiary alicyclic amines) is 1. The van der Waals surface area contributed by atoms with Crippen LogP contribution < -0.4 is 0 Å². The molecular weight excluding hydrogens is 182 g/mol. The molecule has 0 aliphatic carbocycles. The summed E-state index contributed by atoms with van der Waals surface area (Å²) in [6.45, 7) is 7.65. The molecule has 0 aromatic heterocycles. The maximum atomic E-state index is 11.3. The third-order valence-electron chi connectivity index (χ3n) is 1.97. The van der Waals surface area contributed by atoms with Gasteiger partial charge in [0.2, 0.25) is 5.91 Å². The minimum Gasteiger partial charge on any atom is -0.457 e. The topological polar surface area (TPSA) is 46.6 Å². The summed E-state index contributed by atoms with van der Waals surface area (Å²) in [5.74, 6) is -0.620. The first-order chi connectivity index (χ1) is 6.66. The van der Waals surface area contributed by atoms with Crippen molar-refractivity contribution in [2.24, 2.45) is 0 Å². The average molecular weight is 195 g/mol. The van der Waals surface area contributed by atoms with Crippen molar-refractivity contribution < 1.29 is 14.3 Å².